The van der Waals surface area contributed by atoms with Crippen molar-refractivity contribution in [1.82, 2.24) is 0 Å². The van der Waals surface area contributed by atoms with Gasteiger partial charge in [0.2, 0.25) is 0 Å². The first kappa shape index (κ1) is 20.4. The van der Waals surface area contributed by atoms with Crippen LogP contribution in [0.3, 0.4) is 0 Å². The van der Waals surface area contributed by atoms with E-state index < -0.39 is 6.10 Å². The van der Waals surface area contributed by atoms with Gasteiger partial charge in [-0.25, -0.2) is 9.59 Å². The van der Waals surface area contributed by atoms with Crippen LogP contribution in [0.25, 0.3) is 0 Å². The van der Waals surface area contributed by atoms with Crippen LogP contribution < -0.4 is 0 Å². The van der Waals surface area contributed by atoms with Crippen LogP contribution in [0.1, 0.15) is 46.5 Å². The Morgan fingerprint density at radius 3 is 1.59 bits per heavy atom. The Kier molecular flexibility index (Phi) is 10.2. The summed E-state index contributed by atoms with van der Waals surface area (Å²) in [6.45, 7) is 12.6. The van der Waals surface area contributed by atoms with E-state index in [0.717, 1.165) is 12.8 Å². The second-order valence-corrected chi connectivity index (χ2v) is 5.62. The van der Waals surface area contributed by atoms with Crippen LogP contribution in [0.15, 0.2) is 24.3 Å². The van der Waals surface area contributed by atoms with Crippen LogP contribution >= 0.6 is 0 Å². The van der Waals surface area contributed by atoms with E-state index in [4.69, 9.17) is 9.47 Å². The fourth-order valence-corrected chi connectivity index (χ4v) is 1.89. The SMILES string of the molecule is C=C(C)C(=O)OCCCC(CCCOC(=O)C(=C)C)C(C)O. The third-order valence-corrected chi connectivity index (χ3v) is 3.28. The Bertz CT molecular complexity index is 364. The first-order chi connectivity index (χ1) is 10.3. The molecule has 1 atom stereocenters. The third-order valence-electron chi connectivity index (χ3n) is 3.28. The summed E-state index contributed by atoms with van der Waals surface area (Å²) in [5.74, 6) is -0.687. The highest BCUT2D eigenvalue weighted by Gasteiger charge is 2.15. The van der Waals surface area contributed by atoms with Gasteiger partial charge in [0, 0.05) is 11.1 Å². The molecule has 22 heavy (non-hydrogen) atoms. The van der Waals surface area contributed by atoms with E-state index in [1.807, 2.05) is 0 Å². The van der Waals surface area contributed by atoms with E-state index in [2.05, 4.69) is 13.2 Å². The van der Waals surface area contributed by atoms with Crippen LogP contribution in [0.2, 0.25) is 0 Å². The molecule has 0 heterocycles. The van der Waals surface area contributed by atoms with E-state index in [1.165, 1.54) is 0 Å². The van der Waals surface area contributed by atoms with Crippen LogP contribution in [0, 0.1) is 5.92 Å². The van der Waals surface area contributed by atoms with Crippen LogP contribution in [-0.4, -0.2) is 36.4 Å². The minimum absolute atomic E-state index is 0.0899. The minimum atomic E-state index is -0.450. The number of aliphatic hydroxyl groups excluding tert-OH is 1. The number of hydrogen-bond acceptors (Lipinski definition) is 5. The highest BCUT2D eigenvalue weighted by molar-refractivity contribution is 5.87. The normalized spacial score (nSPS) is 11.9. The average Bonchev–Trinajstić information content (AvgIpc) is 2.44. The molecule has 0 radical (unpaired) electrons. The third kappa shape index (κ3) is 9.34. The van der Waals surface area contributed by atoms with Gasteiger partial charge in [-0.1, -0.05) is 13.2 Å². The quantitative estimate of drug-likeness (QED) is 0.361. The Morgan fingerprint density at radius 2 is 1.32 bits per heavy atom. The zero-order valence-electron chi connectivity index (χ0n) is 13.9. The maximum absolute atomic E-state index is 11.2. The molecule has 1 unspecified atom stereocenters. The van der Waals surface area contributed by atoms with Crippen molar-refractivity contribution in [2.75, 3.05) is 13.2 Å². The van der Waals surface area contributed by atoms with Crippen LogP contribution in [-0.2, 0) is 19.1 Å². The zero-order chi connectivity index (χ0) is 17.1. The standard InChI is InChI=1S/C17H28O5/c1-12(2)16(19)21-10-6-8-15(14(5)18)9-7-11-22-17(20)13(3)4/h14-15,18H,1,3,6-11H2,2,4-5H3. The molecule has 5 nitrogen and oxygen atoms in total. The lowest BCUT2D eigenvalue weighted by Gasteiger charge is -2.19. The molecule has 1 N–H and O–H groups in total. The van der Waals surface area contributed by atoms with Crippen molar-refractivity contribution in [3.05, 3.63) is 24.3 Å². The van der Waals surface area contributed by atoms with Crippen LogP contribution in [0.4, 0.5) is 0 Å². The number of esters is 2. The van der Waals surface area contributed by atoms with Gasteiger partial charge in [-0.3, -0.25) is 0 Å². The van der Waals surface area contributed by atoms with E-state index in [9.17, 15) is 14.7 Å². The number of carbonyl (C=O) groups is 2. The molecule has 0 aromatic rings. The summed E-state index contributed by atoms with van der Waals surface area (Å²) in [6, 6.07) is 0. The number of aliphatic hydroxyl groups is 1. The molecule has 0 bridgehead atoms. The molecule has 0 amide bonds. The molecule has 0 aliphatic heterocycles. The number of ether oxygens (including phenoxy) is 2. The summed E-state index contributed by atoms with van der Waals surface area (Å²) >= 11 is 0. The number of hydrogen-bond donors (Lipinski definition) is 1. The number of carbonyl (C=O) groups excluding carboxylic acids is 2. The van der Waals surface area contributed by atoms with E-state index >= 15 is 0 Å². The van der Waals surface area contributed by atoms with E-state index in [-0.39, 0.29) is 17.9 Å². The Balaban J connectivity index is 3.92. The number of rotatable bonds is 11. The first-order valence-electron chi connectivity index (χ1n) is 7.59. The molecule has 0 aromatic heterocycles. The highest BCUT2D eigenvalue weighted by Crippen LogP contribution is 2.18. The van der Waals surface area contributed by atoms with Crippen molar-refractivity contribution >= 4 is 11.9 Å². The van der Waals surface area contributed by atoms with Gasteiger partial charge in [-0.2, -0.15) is 0 Å². The van der Waals surface area contributed by atoms with Gasteiger partial charge < -0.3 is 14.6 Å². The second kappa shape index (κ2) is 11.0. The Hall–Kier alpha value is -1.62. The predicted molar refractivity (Wildman–Crippen MR) is 85.2 cm³/mol. The van der Waals surface area contributed by atoms with Gasteiger partial charge in [0.25, 0.3) is 0 Å². The van der Waals surface area contributed by atoms with E-state index in [1.54, 1.807) is 20.8 Å². The predicted octanol–water partition coefficient (Wildman–Crippen LogP) is 2.78. The van der Waals surface area contributed by atoms with Gasteiger partial charge in [0.05, 0.1) is 19.3 Å². The first-order valence-corrected chi connectivity index (χ1v) is 7.59. The van der Waals surface area contributed by atoms with Gasteiger partial charge >= 0.3 is 11.9 Å². The molecular weight excluding hydrogens is 284 g/mol. The topological polar surface area (TPSA) is 72.8 Å². The summed E-state index contributed by atoms with van der Waals surface area (Å²) < 4.78 is 10.0. The lowest BCUT2D eigenvalue weighted by molar-refractivity contribution is -0.139. The summed E-state index contributed by atoms with van der Waals surface area (Å²) in [7, 11) is 0. The van der Waals surface area contributed by atoms with Crippen LogP contribution in [0.5, 0.6) is 0 Å². The molecule has 0 rings (SSSR count). The summed E-state index contributed by atoms with van der Waals surface area (Å²) in [4.78, 5) is 22.4. The fraction of sp³-hybridized carbons (Fsp3) is 0.647. The molecule has 0 spiro atoms. The Morgan fingerprint density at radius 1 is 0.955 bits per heavy atom. The Labute approximate surface area is 133 Å². The van der Waals surface area contributed by atoms with Crippen molar-refractivity contribution < 1.29 is 24.2 Å². The van der Waals surface area contributed by atoms with Gasteiger partial charge in [0.1, 0.15) is 0 Å². The fourth-order valence-electron chi connectivity index (χ4n) is 1.89. The molecule has 0 aliphatic rings. The second-order valence-electron chi connectivity index (χ2n) is 5.62. The highest BCUT2D eigenvalue weighted by atomic mass is 16.5. The minimum Gasteiger partial charge on any atom is -0.462 e. The van der Waals surface area contributed by atoms with Crippen molar-refractivity contribution in [3.8, 4) is 0 Å². The average molecular weight is 312 g/mol. The van der Waals surface area contributed by atoms with Crippen molar-refractivity contribution in [2.24, 2.45) is 5.92 Å². The maximum atomic E-state index is 11.2. The zero-order valence-corrected chi connectivity index (χ0v) is 13.9. The monoisotopic (exact) mass is 312 g/mol. The molecular formula is C17H28O5. The molecule has 5 heteroatoms. The van der Waals surface area contributed by atoms with Crippen molar-refractivity contribution in [1.29, 1.82) is 0 Å². The molecule has 0 fully saturated rings. The summed E-state index contributed by atoms with van der Waals surface area (Å²) in [5.41, 5.74) is 0.762. The van der Waals surface area contributed by atoms with Gasteiger partial charge in [0.15, 0.2) is 0 Å². The van der Waals surface area contributed by atoms with Crippen molar-refractivity contribution in [2.45, 2.75) is 52.6 Å². The van der Waals surface area contributed by atoms with E-state index in [0.29, 0.717) is 37.2 Å². The molecule has 0 saturated heterocycles. The maximum Gasteiger partial charge on any atom is 0.333 e. The summed E-state index contributed by atoms with van der Waals surface area (Å²) in [6.07, 6.45) is 2.40. The lowest BCUT2D eigenvalue weighted by atomic mass is 9.93. The van der Waals surface area contributed by atoms with Crippen molar-refractivity contribution in [3.63, 3.8) is 0 Å². The van der Waals surface area contributed by atoms with Gasteiger partial charge in [-0.05, 0) is 52.4 Å². The lowest BCUT2D eigenvalue weighted by Crippen LogP contribution is -2.19. The molecule has 0 saturated carbocycles. The largest absolute Gasteiger partial charge is 0.462 e. The van der Waals surface area contributed by atoms with Gasteiger partial charge in [-0.15, -0.1) is 0 Å². The summed E-state index contributed by atoms with van der Waals surface area (Å²) in [5, 5.41) is 9.76. The molecule has 0 aromatic carbocycles. The molecule has 0 aliphatic carbocycles. The smallest absolute Gasteiger partial charge is 0.333 e. The molecule has 126 valence electrons.